The number of ether oxygens (including phenoxy) is 1. The lowest BCUT2D eigenvalue weighted by Crippen LogP contribution is -2.33. The minimum atomic E-state index is -0.410. The Morgan fingerprint density at radius 2 is 1.70 bits per heavy atom. The third-order valence-corrected chi connectivity index (χ3v) is 3.22. The van der Waals surface area contributed by atoms with Gasteiger partial charge in [-0.2, -0.15) is 0 Å². The van der Waals surface area contributed by atoms with Gasteiger partial charge >= 0.3 is 5.97 Å². The van der Waals surface area contributed by atoms with E-state index in [9.17, 15) is 14.4 Å². The van der Waals surface area contributed by atoms with E-state index in [0.29, 0.717) is 17.5 Å². The number of imide groups is 1. The molecule has 1 aromatic carbocycles. The van der Waals surface area contributed by atoms with Crippen molar-refractivity contribution in [3.05, 3.63) is 35.4 Å². The summed E-state index contributed by atoms with van der Waals surface area (Å²) in [6.07, 6.45) is 3.06. The molecule has 0 atom stereocenters. The molecule has 106 valence electrons. The Bertz CT molecular complexity index is 503. The van der Waals surface area contributed by atoms with Crippen molar-refractivity contribution in [2.24, 2.45) is 0 Å². The van der Waals surface area contributed by atoms with Crippen LogP contribution in [0.4, 0.5) is 0 Å². The first-order valence-electron chi connectivity index (χ1n) is 6.76. The van der Waals surface area contributed by atoms with Gasteiger partial charge in [-0.1, -0.05) is 31.9 Å². The van der Waals surface area contributed by atoms with E-state index in [1.807, 2.05) is 6.92 Å². The summed E-state index contributed by atoms with van der Waals surface area (Å²) in [7, 11) is 0. The number of fused-ring (bicyclic) bond motifs is 1. The molecule has 1 heterocycles. The van der Waals surface area contributed by atoms with Crippen LogP contribution in [-0.2, 0) is 9.53 Å². The van der Waals surface area contributed by atoms with Gasteiger partial charge in [0, 0.05) is 6.42 Å². The number of hydrogen-bond donors (Lipinski definition) is 0. The predicted molar refractivity (Wildman–Crippen MR) is 72.0 cm³/mol. The molecule has 0 aliphatic carbocycles. The topological polar surface area (TPSA) is 63.7 Å². The fraction of sp³-hybridized carbons (Fsp3) is 0.400. The standard InChI is InChI=1S/C15H17NO4/c1-2-3-4-9-13(17)20-10-16-14(18)11-7-5-6-8-12(11)15(16)19/h5-8H,2-4,9-10H2,1H3. The average molecular weight is 275 g/mol. The van der Waals surface area contributed by atoms with Crippen molar-refractivity contribution in [1.29, 1.82) is 0 Å². The van der Waals surface area contributed by atoms with Gasteiger partial charge in [0.15, 0.2) is 6.73 Å². The van der Waals surface area contributed by atoms with E-state index in [1.165, 1.54) is 0 Å². The zero-order valence-corrected chi connectivity index (χ0v) is 11.4. The van der Waals surface area contributed by atoms with Crippen molar-refractivity contribution < 1.29 is 19.1 Å². The van der Waals surface area contributed by atoms with Crippen LogP contribution in [0.25, 0.3) is 0 Å². The van der Waals surface area contributed by atoms with Crippen molar-refractivity contribution in [3.8, 4) is 0 Å². The van der Waals surface area contributed by atoms with Crippen molar-refractivity contribution in [1.82, 2.24) is 4.90 Å². The fourth-order valence-electron chi connectivity index (χ4n) is 2.08. The van der Waals surface area contributed by atoms with Crippen LogP contribution in [0.1, 0.15) is 53.3 Å². The Morgan fingerprint density at radius 3 is 2.25 bits per heavy atom. The zero-order valence-electron chi connectivity index (χ0n) is 11.4. The second-order valence-electron chi connectivity index (χ2n) is 4.69. The Hall–Kier alpha value is -2.17. The molecule has 0 spiro atoms. The number of carbonyl (C=O) groups is 3. The molecule has 2 rings (SSSR count). The summed E-state index contributed by atoms with van der Waals surface area (Å²) in [5.74, 6) is -1.20. The quantitative estimate of drug-likeness (QED) is 0.454. The van der Waals surface area contributed by atoms with Gasteiger partial charge in [-0.25, -0.2) is 4.90 Å². The van der Waals surface area contributed by atoms with Crippen LogP contribution in [0.3, 0.4) is 0 Å². The van der Waals surface area contributed by atoms with Crippen LogP contribution in [-0.4, -0.2) is 29.4 Å². The van der Waals surface area contributed by atoms with E-state index < -0.39 is 11.8 Å². The van der Waals surface area contributed by atoms with Crippen molar-refractivity contribution >= 4 is 17.8 Å². The maximum Gasteiger partial charge on any atom is 0.307 e. The van der Waals surface area contributed by atoms with E-state index in [4.69, 9.17) is 4.74 Å². The smallest absolute Gasteiger partial charge is 0.307 e. The fourth-order valence-corrected chi connectivity index (χ4v) is 2.08. The number of rotatable bonds is 6. The van der Waals surface area contributed by atoms with Crippen molar-refractivity contribution in [2.75, 3.05) is 6.73 Å². The minimum Gasteiger partial charge on any atom is -0.444 e. The monoisotopic (exact) mass is 275 g/mol. The molecule has 0 aromatic heterocycles. The molecule has 0 bridgehead atoms. The van der Waals surface area contributed by atoms with Crippen LogP contribution < -0.4 is 0 Å². The number of esters is 1. The van der Waals surface area contributed by atoms with Crippen LogP contribution in [0, 0.1) is 0 Å². The highest BCUT2D eigenvalue weighted by Gasteiger charge is 2.35. The number of nitrogens with zero attached hydrogens (tertiary/aromatic N) is 1. The molecule has 20 heavy (non-hydrogen) atoms. The second-order valence-corrected chi connectivity index (χ2v) is 4.69. The first kappa shape index (κ1) is 14.2. The molecular weight excluding hydrogens is 258 g/mol. The number of carbonyl (C=O) groups excluding carboxylic acids is 3. The highest BCUT2D eigenvalue weighted by Crippen LogP contribution is 2.22. The summed E-state index contributed by atoms with van der Waals surface area (Å²) < 4.78 is 4.99. The number of hydrogen-bond acceptors (Lipinski definition) is 4. The largest absolute Gasteiger partial charge is 0.444 e. The summed E-state index contributed by atoms with van der Waals surface area (Å²) in [4.78, 5) is 36.4. The normalized spacial score (nSPS) is 13.6. The number of benzene rings is 1. The van der Waals surface area contributed by atoms with Gasteiger partial charge in [-0.15, -0.1) is 0 Å². The van der Waals surface area contributed by atoms with Gasteiger partial charge < -0.3 is 4.74 Å². The lowest BCUT2D eigenvalue weighted by Gasteiger charge is -2.13. The first-order chi connectivity index (χ1) is 9.65. The molecular formula is C15H17NO4. The van der Waals surface area contributed by atoms with Crippen LogP contribution in [0.5, 0.6) is 0 Å². The van der Waals surface area contributed by atoms with Gasteiger partial charge in [-0.05, 0) is 18.6 Å². The summed E-state index contributed by atoms with van der Waals surface area (Å²) in [5.41, 5.74) is 0.721. The molecule has 0 unspecified atom stereocenters. The van der Waals surface area contributed by atoms with Gasteiger partial charge in [-0.3, -0.25) is 14.4 Å². The van der Waals surface area contributed by atoms with Crippen LogP contribution in [0.2, 0.25) is 0 Å². The van der Waals surface area contributed by atoms with Gasteiger partial charge in [0.2, 0.25) is 0 Å². The van der Waals surface area contributed by atoms with E-state index in [0.717, 1.165) is 24.2 Å². The van der Waals surface area contributed by atoms with Crippen LogP contribution >= 0.6 is 0 Å². The third kappa shape index (κ3) is 2.87. The molecule has 1 aliphatic rings. The van der Waals surface area contributed by atoms with Gasteiger partial charge in [0.1, 0.15) is 0 Å². The van der Waals surface area contributed by atoms with E-state index in [2.05, 4.69) is 0 Å². The molecule has 1 aromatic rings. The molecule has 0 radical (unpaired) electrons. The maximum atomic E-state index is 12.0. The van der Waals surface area contributed by atoms with E-state index in [1.54, 1.807) is 24.3 Å². The van der Waals surface area contributed by atoms with Crippen molar-refractivity contribution in [2.45, 2.75) is 32.6 Å². The summed E-state index contributed by atoms with van der Waals surface area (Å²) in [6, 6.07) is 6.59. The zero-order chi connectivity index (χ0) is 14.5. The van der Waals surface area contributed by atoms with E-state index in [-0.39, 0.29) is 12.7 Å². The molecule has 5 heteroatoms. The minimum absolute atomic E-state index is 0.308. The molecule has 1 aliphatic heterocycles. The lowest BCUT2D eigenvalue weighted by molar-refractivity contribution is -0.146. The average Bonchev–Trinajstić information content (AvgIpc) is 2.70. The molecule has 0 saturated heterocycles. The van der Waals surface area contributed by atoms with Crippen molar-refractivity contribution in [3.63, 3.8) is 0 Å². The molecule has 0 N–H and O–H groups in total. The number of unbranched alkanes of at least 4 members (excludes halogenated alkanes) is 2. The Kier molecular flexibility index (Phi) is 4.50. The predicted octanol–water partition coefficient (Wildman–Crippen LogP) is 2.36. The Balaban J connectivity index is 1.91. The summed E-state index contributed by atoms with van der Waals surface area (Å²) >= 11 is 0. The summed E-state index contributed by atoms with van der Waals surface area (Å²) in [6.45, 7) is 1.74. The molecule has 2 amide bonds. The lowest BCUT2D eigenvalue weighted by atomic mass is 10.1. The highest BCUT2D eigenvalue weighted by atomic mass is 16.5. The second kappa shape index (κ2) is 6.32. The highest BCUT2D eigenvalue weighted by molar-refractivity contribution is 6.21. The third-order valence-electron chi connectivity index (χ3n) is 3.22. The van der Waals surface area contributed by atoms with Crippen LogP contribution in [0.15, 0.2) is 24.3 Å². The molecule has 5 nitrogen and oxygen atoms in total. The van der Waals surface area contributed by atoms with Gasteiger partial charge in [0.05, 0.1) is 11.1 Å². The Morgan fingerprint density at radius 1 is 1.10 bits per heavy atom. The molecule has 0 fully saturated rings. The maximum absolute atomic E-state index is 12.0. The summed E-state index contributed by atoms with van der Waals surface area (Å²) in [5, 5.41) is 0. The van der Waals surface area contributed by atoms with Gasteiger partial charge in [0.25, 0.3) is 11.8 Å². The first-order valence-corrected chi connectivity index (χ1v) is 6.76. The molecule has 0 saturated carbocycles. The SMILES string of the molecule is CCCCCC(=O)OCN1C(=O)c2ccccc2C1=O. The Labute approximate surface area is 117 Å². The van der Waals surface area contributed by atoms with E-state index >= 15 is 0 Å². The number of amides is 2.